The number of rotatable bonds is 3. The zero-order valence-electron chi connectivity index (χ0n) is 16.4. The van der Waals surface area contributed by atoms with Gasteiger partial charge in [-0.25, -0.2) is 9.59 Å². The summed E-state index contributed by atoms with van der Waals surface area (Å²) in [6.07, 6.45) is 0. The number of fused-ring (bicyclic) bond motifs is 2. The van der Waals surface area contributed by atoms with Crippen molar-refractivity contribution in [2.45, 2.75) is 5.92 Å². The SMILES string of the molecule is N#CC1=C(N)Oc2cc(OC(=O)c3cc4ccccc4oc3=O)ccc2C1c1cccs1. The molecule has 0 aliphatic carbocycles. The molecule has 1 atom stereocenters. The van der Waals surface area contributed by atoms with E-state index in [9.17, 15) is 14.9 Å². The molecule has 0 radical (unpaired) electrons. The highest BCUT2D eigenvalue weighted by Crippen LogP contribution is 2.44. The monoisotopic (exact) mass is 442 g/mol. The molecule has 2 N–H and O–H groups in total. The first-order chi connectivity index (χ1) is 15.5. The lowest BCUT2D eigenvalue weighted by atomic mass is 9.88. The molecule has 0 amide bonds. The van der Waals surface area contributed by atoms with Crippen LogP contribution in [0.5, 0.6) is 11.5 Å². The Labute approximate surface area is 185 Å². The van der Waals surface area contributed by atoms with E-state index in [2.05, 4.69) is 6.07 Å². The fourth-order valence-corrected chi connectivity index (χ4v) is 4.47. The third-order valence-corrected chi connectivity index (χ3v) is 6.03. The molecule has 2 aromatic heterocycles. The van der Waals surface area contributed by atoms with Crippen molar-refractivity contribution in [3.05, 3.63) is 104 Å². The molecule has 32 heavy (non-hydrogen) atoms. The van der Waals surface area contributed by atoms with E-state index >= 15 is 0 Å². The number of carbonyl (C=O) groups excluding carboxylic acids is 1. The fraction of sp³-hybridized carbons (Fsp3) is 0.0417. The molecule has 2 aromatic carbocycles. The van der Waals surface area contributed by atoms with E-state index in [1.807, 2.05) is 17.5 Å². The lowest BCUT2D eigenvalue weighted by molar-refractivity contribution is 0.0730. The molecule has 3 heterocycles. The van der Waals surface area contributed by atoms with E-state index < -0.39 is 11.6 Å². The quantitative estimate of drug-likeness (QED) is 0.286. The van der Waals surface area contributed by atoms with Gasteiger partial charge in [-0.3, -0.25) is 0 Å². The van der Waals surface area contributed by atoms with Crippen molar-refractivity contribution in [1.29, 1.82) is 5.26 Å². The minimum Gasteiger partial charge on any atom is -0.440 e. The number of carbonyl (C=O) groups is 1. The molecule has 1 aliphatic rings. The number of ether oxygens (including phenoxy) is 2. The van der Waals surface area contributed by atoms with Gasteiger partial charge in [0.2, 0.25) is 5.88 Å². The summed E-state index contributed by atoms with van der Waals surface area (Å²) in [5.74, 6) is -0.690. The maximum absolute atomic E-state index is 12.7. The van der Waals surface area contributed by atoms with Crippen LogP contribution in [0.3, 0.4) is 0 Å². The van der Waals surface area contributed by atoms with Crippen LogP contribution in [-0.4, -0.2) is 5.97 Å². The lowest BCUT2D eigenvalue weighted by Crippen LogP contribution is -2.21. The van der Waals surface area contributed by atoms with Crippen molar-refractivity contribution in [3.63, 3.8) is 0 Å². The van der Waals surface area contributed by atoms with E-state index in [4.69, 9.17) is 19.6 Å². The molecule has 8 heteroatoms. The predicted molar refractivity (Wildman–Crippen MR) is 118 cm³/mol. The van der Waals surface area contributed by atoms with Gasteiger partial charge in [0.1, 0.15) is 34.3 Å². The third-order valence-electron chi connectivity index (χ3n) is 5.09. The Morgan fingerprint density at radius 1 is 1.12 bits per heavy atom. The summed E-state index contributed by atoms with van der Waals surface area (Å²) in [6, 6.07) is 19.1. The Hall–Kier alpha value is -4.35. The molecule has 5 rings (SSSR count). The van der Waals surface area contributed by atoms with E-state index in [-0.39, 0.29) is 23.1 Å². The standard InChI is InChI=1S/C24H14N2O5S/c25-12-17-21(20-6-3-9-32-20)15-8-7-14(11-19(15)30-22(17)26)29-23(27)16-10-13-4-1-2-5-18(13)31-24(16)28/h1-11,21H,26H2. The summed E-state index contributed by atoms with van der Waals surface area (Å²) < 4.78 is 16.3. The minimum absolute atomic E-state index is 0.00273. The van der Waals surface area contributed by atoms with Gasteiger partial charge in [0, 0.05) is 21.9 Å². The van der Waals surface area contributed by atoms with Gasteiger partial charge in [0.05, 0.1) is 5.92 Å². The number of nitrogens with two attached hydrogens (primary N) is 1. The first-order valence-corrected chi connectivity index (χ1v) is 10.4. The van der Waals surface area contributed by atoms with Gasteiger partial charge in [0.15, 0.2) is 0 Å². The van der Waals surface area contributed by atoms with Crippen LogP contribution in [-0.2, 0) is 0 Å². The number of nitriles is 1. The highest BCUT2D eigenvalue weighted by Gasteiger charge is 2.31. The molecule has 0 saturated heterocycles. The average Bonchev–Trinajstić information content (AvgIpc) is 3.32. The molecule has 0 fully saturated rings. The number of nitrogens with zero attached hydrogens (tertiary/aromatic N) is 1. The van der Waals surface area contributed by atoms with Gasteiger partial charge in [0.25, 0.3) is 0 Å². The highest BCUT2D eigenvalue weighted by molar-refractivity contribution is 7.10. The van der Waals surface area contributed by atoms with Crippen LogP contribution in [0.1, 0.15) is 26.7 Å². The topological polar surface area (TPSA) is 116 Å². The Kier molecular flexibility index (Phi) is 4.73. The molecule has 4 aromatic rings. The van der Waals surface area contributed by atoms with Gasteiger partial charge in [-0.2, -0.15) is 5.26 Å². The molecule has 1 unspecified atom stereocenters. The normalized spacial score (nSPS) is 15.0. The molecule has 0 spiro atoms. The Bertz CT molecular complexity index is 1500. The highest BCUT2D eigenvalue weighted by atomic mass is 32.1. The van der Waals surface area contributed by atoms with Crippen molar-refractivity contribution in [2.75, 3.05) is 0 Å². The smallest absolute Gasteiger partial charge is 0.351 e. The van der Waals surface area contributed by atoms with Crippen LogP contribution in [0.15, 0.2) is 86.7 Å². The number of benzene rings is 2. The molecular weight excluding hydrogens is 428 g/mol. The first kappa shape index (κ1) is 19.6. The van der Waals surface area contributed by atoms with Crippen molar-refractivity contribution in [3.8, 4) is 17.6 Å². The summed E-state index contributed by atoms with van der Waals surface area (Å²) in [4.78, 5) is 25.8. The largest absolute Gasteiger partial charge is 0.440 e. The minimum atomic E-state index is -0.851. The second-order valence-corrected chi connectivity index (χ2v) is 7.99. The second-order valence-electron chi connectivity index (χ2n) is 7.01. The second kappa shape index (κ2) is 7.72. The van der Waals surface area contributed by atoms with Gasteiger partial charge in [-0.05, 0) is 29.6 Å². The van der Waals surface area contributed by atoms with Crippen LogP contribution in [0, 0.1) is 11.3 Å². The molecular formula is C24H14N2O5S. The van der Waals surface area contributed by atoms with Gasteiger partial charge in [-0.1, -0.05) is 30.3 Å². The van der Waals surface area contributed by atoms with Crippen LogP contribution >= 0.6 is 11.3 Å². The number of hydrogen-bond acceptors (Lipinski definition) is 8. The van der Waals surface area contributed by atoms with E-state index in [1.165, 1.54) is 23.5 Å². The molecule has 0 saturated carbocycles. The van der Waals surface area contributed by atoms with Crippen LogP contribution in [0.4, 0.5) is 0 Å². The van der Waals surface area contributed by atoms with Crippen LogP contribution < -0.4 is 20.8 Å². The summed E-state index contributed by atoms with van der Waals surface area (Å²) in [7, 11) is 0. The summed E-state index contributed by atoms with van der Waals surface area (Å²) in [5, 5.41) is 12.1. The Balaban J connectivity index is 1.49. The van der Waals surface area contributed by atoms with Gasteiger partial charge < -0.3 is 19.6 Å². The summed E-state index contributed by atoms with van der Waals surface area (Å²) in [5.41, 5.74) is 6.41. The first-order valence-electron chi connectivity index (χ1n) is 9.55. The predicted octanol–water partition coefficient (Wildman–Crippen LogP) is 4.29. The molecule has 156 valence electrons. The number of esters is 1. The van der Waals surface area contributed by atoms with Crippen molar-refractivity contribution in [1.82, 2.24) is 0 Å². The Morgan fingerprint density at radius 2 is 1.97 bits per heavy atom. The van der Waals surface area contributed by atoms with Crippen molar-refractivity contribution in [2.24, 2.45) is 5.73 Å². The van der Waals surface area contributed by atoms with Gasteiger partial charge in [-0.15, -0.1) is 11.3 Å². The molecule has 7 nitrogen and oxygen atoms in total. The Morgan fingerprint density at radius 3 is 2.75 bits per heavy atom. The lowest BCUT2D eigenvalue weighted by Gasteiger charge is -2.25. The third kappa shape index (κ3) is 3.31. The molecule has 1 aliphatic heterocycles. The zero-order valence-corrected chi connectivity index (χ0v) is 17.2. The van der Waals surface area contributed by atoms with E-state index in [1.54, 1.807) is 36.4 Å². The van der Waals surface area contributed by atoms with Gasteiger partial charge >= 0.3 is 11.6 Å². The summed E-state index contributed by atoms with van der Waals surface area (Å²) in [6.45, 7) is 0. The maximum Gasteiger partial charge on any atom is 0.351 e. The molecule has 0 bridgehead atoms. The van der Waals surface area contributed by atoms with Crippen LogP contribution in [0.2, 0.25) is 0 Å². The fourth-order valence-electron chi connectivity index (χ4n) is 3.61. The van der Waals surface area contributed by atoms with Crippen LogP contribution in [0.25, 0.3) is 11.0 Å². The number of allylic oxidation sites excluding steroid dienone is 1. The zero-order chi connectivity index (χ0) is 22.2. The number of para-hydroxylation sites is 1. The van der Waals surface area contributed by atoms with Crippen molar-refractivity contribution >= 4 is 28.3 Å². The number of hydrogen-bond donors (Lipinski definition) is 1. The average molecular weight is 442 g/mol. The van der Waals surface area contributed by atoms with E-state index in [0.29, 0.717) is 22.3 Å². The van der Waals surface area contributed by atoms with Crippen molar-refractivity contribution < 1.29 is 18.7 Å². The number of thiophene rings is 1. The van der Waals surface area contributed by atoms with E-state index in [0.717, 1.165) is 10.4 Å². The summed E-state index contributed by atoms with van der Waals surface area (Å²) >= 11 is 1.50. The maximum atomic E-state index is 12.7.